The van der Waals surface area contributed by atoms with E-state index in [9.17, 15) is 9.59 Å². The number of nitrogens with one attached hydrogen (secondary N) is 4. The van der Waals surface area contributed by atoms with Crippen LogP contribution in [-0.4, -0.2) is 29.0 Å². The number of H-pyrrole nitrogens is 1. The van der Waals surface area contributed by atoms with Crippen LogP contribution in [0.25, 0.3) is 10.9 Å². The van der Waals surface area contributed by atoms with Gasteiger partial charge in [-0.25, -0.2) is 0 Å². The van der Waals surface area contributed by atoms with Crippen molar-refractivity contribution in [3.05, 3.63) is 65.9 Å². The van der Waals surface area contributed by atoms with E-state index in [1.807, 2.05) is 12.1 Å². The van der Waals surface area contributed by atoms with E-state index in [0.29, 0.717) is 28.6 Å². The van der Waals surface area contributed by atoms with Gasteiger partial charge in [0.2, 0.25) is 5.90 Å². The number of carbonyl (C=O) groups is 2. The first kappa shape index (κ1) is 16.1. The molecule has 0 fully saturated rings. The minimum atomic E-state index is -0.747. The van der Waals surface area contributed by atoms with Crippen LogP contribution < -0.4 is 5.32 Å². The summed E-state index contributed by atoms with van der Waals surface area (Å²) in [5.74, 6) is -1.56. The molecule has 25 heavy (non-hydrogen) atoms. The van der Waals surface area contributed by atoms with E-state index in [-0.39, 0.29) is 8.75 Å². The van der Waals surface area contributed by atoms with Gasteiger partial charge in [0.05, 0.1) is 5.56 Å². The van der Waals surface area contributed by atoms with E-state index >= 15 is 0 Å². The van der Waals surface area contributed by atoms with E-state index in [1.54, 1.807) is 36.4 Å². The molecule has 0 atom stereocenters. The monoisotopic (exact) mass is 338 g/mol. The van der Waals surface area contributed by atoms with Crippen molar-refractivity contribution in [3.63, 3.8) is 0 Å². The quantitative estimate of drug-likeness (QED) is 0.247. The number of anilines is 1. The fourth-order valence-corrected chi connectivity index (χ4v) is 2.40. The summed E-state index contributed by atoms with van der Waals surface area (Å²) in [4.78, 5) is 27.5. The van der Waals surface area contributed by atoms with Gasteiger partial charge in [-0.15, -0.1) is 0 Å². The van der Waals surface area contributed by atoms with Crippen LogP contribution in [0, 0.1) is 10.8 Å². The van der Waals surface area contributed by atoms with Crippen molar-refractivity contribution in [3.8, 4) is 0 Å². The topological polar surface area (TPSA) is 119 Å². The molecule has 2 aromatic carbocycles. The smallest absolute Gasteiger partial charge is 0.296 e. The zero-order valence-corrected chi connectivity index (χ0v) is 13.0. The van der Waals surface area contributed by atoms with Crippen LogP contribution in [0.4, 0.5) is 5.69 Å². The summed E-state index contributed by atoms with van der Waals surface area (Å²) >= 11 is 0. The fraction of sp³-hybridized carbons (Fsp3) is 0. The van der Waals surface area contributed by atoms with Crippen LogP contribution >= 0.6 is 0 Å². The van der Waals surface area contributed by atoms with Crippen molar-refractivity contribution in [2.75, 3.05) is 5.32 Å². The van der Waals surface area contributed by atoms with E-state index in [2.05, 4.69) is 15.0 Å². The number of aromatic nitrogens is 1. The number of fused-ring (bicyclic) bond motifs is 1. The van der Waals surface area contributed by atoms with Crippen molar-refractivity contribution in [2.45, 2.75) is 0 Å². The third kappa shape index (κ3) is 3.30. The minimum absolute atomic E-state index is 0. The van der Waals surface area contributed by atoms with Crippen molar-refractivity contribution >= 4 is 40.6 Å². The summed E-state index contributed by atoms with van der Waals surface area (Å²) < 4.78 is 4.66. The van der Waals surface area contributed by atoms with Crippen LogP contribution in [0.1, 0.15) is 18.8 Å². The Morgan fingerprint density at radius 1 is 1.12 bits per heavy atom. The maximum Gasteiger partial charge on any atom is 0.296 e. The van der Waals surface area contributed by atoms with Crippen LogP contribution in [0.5, 0.6) is 0 Å². The zero-order chi connectivity index (χ0) is 17.8. The molecule has 0 unspecified atom stereocenters. The normalized spacial score (nSPS) is 10.2. The third-order valence-electron chi connectivity index (χ3n) is 3.62. The van der Waals surface area contributed by atoms with Gasteiger partial charge in [0, 0.05) is 31.2 Å². The molecule has 4 N–H and O–H groups in total. The lowest BCUT2D eigenvalue weighted by molar-refractivity contribution is -0.112. The first-order valence-corrected chi connectivity index (χ1v) is 7.36. The lowest BCUT2D eigenvalue weighted by atomic mass is 10.1. The Morgan fingerprint density at radius 2 is 1.84 bits per heavy atom. The lowest BCUT2D eigenvalue weighted by Crippen LogP contribution is -2.22. The highest BCUT2D eigenvalue weighted by atomic mass is 16.5. The Kier molecular flexibility index (Phi) is 4.38. The molecule has 0 spiro atoms. The van der Waals surface area contributed by atoms with Crippen LogP contribution in [0.3, 0.4) is 0 Å². The highest BCUT2D eigenvalue weighted by Crippen LogP contribution is 2.19. The van der Waals surface area contributed by atoms with Gasteiger partial charge < -0.3 is 15.0 Å². The summed E-state index contributed by atoms with van der Waals surface area (Å²) in [6.45, 7) is 0. The average Bonchev–Trinajstić information content (AvgIpc) is 3.06. The number of hydrogen-bond acceptors (Lipinski definition) is 5. The second-order valence-electron chi connectivity index (χ2n) is 5.17. The molecule has 0 aliphatic heterocycles. The molecule has 0 aliphatic carbocycles. The van der Waals surface area contributed by atoms with E-state index in [4.69, 9.17) is 10.8 Å². The van der Waals surface area contributed by atoms with Crippen molar-refractivity contribution in [1.82, 2.24) is 4.98 Å². The standard InChI is InChI=1S/C18H14N4O3.2H2/c19-10-25-17(20)11-5-7-12(8-6-11)22-18(24)16(23)14-9-21-15-4-2-1-3-13(14)15;;/h1-10,19-21H,(H,22,24);2*1H. The maximum atomic E-state index is 12.4. The van der Waals surface area contributed by atoms with Crippen molar-refractivity contribution in [2.24, 2.45) is 0 Å². The minimum Gasteiger partial charge on any atom is -0.428 e. The molecule has 3 rings (SSSR count). The molecule has 0 saturated carbocycles. The van der Waals surface area contributed by atoms with E-state index in [1.165, 1.54) is 6.20 Å². The summed E-state index contributed by atoms with van der Waals surface area (Å²) in [6.07, 6.45) is 2.18. The number of ketones is 1. The highest BCUT2D eigenvalue weighted by Gasteiger charge is 2.20. The molecular formula is C18H18N4O3. The summed E-state index contributed by atoms with van der Waals surface area (Å²) in [6, 6.07) is 13.5. The summed E-state index contributed by atoms with van der Waals surface area (Å²) in [5.41, 5.74) is 1.97. The predicted molar refractivity (Wildman–Crippen MR) is 98.6 cm³/mol. The van der Waals surface area contributed by atoms with Gasteiger partial charge in [-0.2, -0.15) is 0 Å². The molecular weight excluding hydrogens is 320 g/mol. The number of para-hydroxylation sites is 1. The second kappa shape index (κ2) is 6.79. The SMILES string of the molecule is N=COC(=N)c1ccc(NC(=O)C(=O)c2c[nH]c3ccccc23)cc1.[HH].[HH]. The van der Waals surface area contributed by atoms with Crippen molar-refractivity contribution in [1.29, 1.82) is 10.8 Å². The number of ether oxygens (including phenoxy) is 1. The van der Waals surface area contributed by atoms with Gasteiger partial charge in [0.15, 0.2) is 6.40 Å². The van der Waals surface area contributed by atoms with Gasteiger partial charge >= 0.3 is 0 Å². The van der Waals surface area contributed by atoms with Crippen LogP contribution in [0.2, 0.25) is 0 Å². The van der Waals surface area contributed by atoms with E-state index < -0.39 is 11.7 Å². The lowest BCUT2D eigenvalue weighted by Gasteiger charge is -2.06. The number of benzene rings is 2. The molecule has 7 nitrogen and oxygen atoms in total. The zero-order valence-electron chi connectivity index (χ0n) is 13.0. The Labute approximate surface area is 145 Å². The first-order valence-electron chi connectivity index (χ1n) is 7.36. The molecule has 1 aromatic heterocycles. The average molecular weight is 338 g/mol. The Balaban J connectivity index is 0.00000182. The van der Waals surface area contributed by atoms with Gasteiger partial charge in [0.25, 0.3) is 11.7 Å². The molecule has 0 aliphatic rings. The number of aromatic amines is 1. The van der Waals surface area contributed by atoms with Gasteiger partial charge in [0.1, 0.15) is 0 Å². The number of carbonyl (C=O) groups excluding carboxylic acids is 2. The second-order valence-corrected chi connectivity index (χ2v) is 5.17. The fourth-order valence-electron chi connectivity index (χ4n) is 2.40. The van der Waals surface area contributed by atoms with Gasteiger partial charge in [-0.3, -0.25) is 20.4 Å². The van der Waals surface area contributed by atoms with Crippen LogP contribution in [-0.2, 0) is 9.53 Å². The number of Topliss-reactive ketones (excluding diaryl/α,β-unsaturated/α-hetero) is 1. The molecule has 0 bridgehead atoms. The largest absolute Gasteiger partial charge is 0.428 e. The highest BCUT2D eigenvalue weighted by molar-refractivity contribution is 6.48. The van der Waals surface area contributed by atoms with Gasteiger partial charge in [-0.1, -0.05) is 18.2 Å². The molecule has 1 heterocycles. The summed E-state index contributed by atoms with van der Waals surface area (Å²) in [5, 5.41) is 17.6. The summed E-state index contributed by atoms with van der Waals surface area (Å²) in [7, 11) is 0. The first-order chi connectivity index (χ1) is 12.1. The van der Waals surface area contributed by atoms with Crippen LogP contribution in [0.15, 0.2) is 54.7 Å². The Morgan fingerprint density at radius 3 is 2.56 bits per heavy atom. The Hall–Kier alpha value is -3.74. The number of hydrogen-bond donors (Lipinski definition) is 4. The number of amides is 1. The molecule has 3 aromatic rings. The predicted octanol–water partition coefficient (Wildman–Crippen LogP) is 3.43. The maximum absolute atomic E-state index is 12.4. The molecule has 0 radical (unpaired) electrons. The molecule has 1 amide bonds. The molecule has 128 valence electrons. The number of rotatable bonds is 5. The van der Waals surface area contributed by atoms with E-state index in [0.717, 1.165) is 5.52 Å². The molecule has 0 saturated heterocycles. The van der Waals surface area contributed by atoms with Gasteiger partial charge in [-0.05, 0) is 30.3 Å². The third-order valence-corrected chi connectivity index (χ3v) is 3.62. The van der Waals surface area contributed by atoms with Crippen molar-refractivity contribution < 1.29 is 17.2 Å². The Bertz CT molecular complexity index is 984. The molecule has 7 heteroatoms.